The molecule has 2 N–H and O–H groups in total. The minimum atomic E-state index is -3.46. The Hall–Kier alpha value is -2.11. The maximum absolute atomic E-state index is 12.5. The third kappa shape index (κ3) is 2.74. The Bertz CT molecular complexity index is 991. The van der Waals surface area contributed by atoms with Crippen LogP contribution in [0.2, 0.25) is 0 Å². The van der Waals surface area contributed by atoms with Gasteiger partial charge in [-0.2, -0.15) is 0 Å². The molecule has 0 saturated heterocycles. The Kier molecular flexibility index (Phi) is 3.70. The molecule has 124 valence electrons. The van der Waals surface area contributed by atoms with Gasteiger partial charge >= 0.3 is 0 Å². The zero-order chi connectivity index (χ0) is 16.7. The van der Waals surface area contributed by atoms with Gasteiger partial charge in [0.1, 0.15) is 0 Å². The largest absolute Gasteiger partial charge is 0.358 e. The topological polar surface area (TPSA) is 62.0 Å². The van der Waals surface area contributed by atoms with Gasteiger partial charge in [-0.05, 0) is 49.6 Å². The molecular weight excluding hydrogens is 320 g/mol. The lowest BCUT2D eigenvalue weighted by atomic mass is 9.92. The van der Waals surface area contributed by atoms with Crippen LogP contribution < -0.4 is 4.72 Å². The number of hydrogen-bond donors (Lipinski definition) is 2. The van der Waals surface area contributed by atoms with Gasteiger partial charge in [-0.1, -0.05) is 29.8 Å². The molecule has 4 nitrogen and oxygen atoms in total. The summed E-state index contributed by atoms with van der Waals surface area (Å²) in [4.78, 5) is 3.79. The van der Waals surface area contributed by atoms with E-state index in [-0.39, 0.29) is 6.04 Å². The molecule has 1 aliphatic rings. The second kappa shape index (κ2) is 5.76. The number of sulfonamides is 1. The highest BCUT2D eigenvalue weighted by atomic mass is 32.2. The third-order valence-electron chi connectivity index (χ3n) is 4.72. The number of aromatic amines is 1. The number of H-pyrrole nitrogens is 1. The van der Waals surface area contributed by atoms with Crippen LogP contribution in [0, 0.1) is 6.92 Å². The predicted molar refractivity (Wildman–Crippen MR) is 95.6 cm³/mol. The number of fused-ring (bicyclic) bond motifs is 3. The van der Waals surface area contributed by atoms with E-state index < -0.39 is 10.0 Å². The first-order valence-corrected chi connectivity index (χ1v) is 9.69. The van der Waals surface area contributed by atoms with Crippen molar-refractivity contribution in [1.29, 1.82) is 0 Å². The van der Waals surface area contributed by atoms with Crippen molar-refractivity contribution in [2.24, 2.45) is 0 Å². The number of hydrogen-bond acceptors (Lipinski definition) is 2. The van der Waals surface area contributed by atoms with Gasteiger partial charge in [-0.25, -0.2) is 13.1 Å². The summed E-state index contributed by atoms with van der Waals surface area (Å²) in [5, 5.41) is 1.27. The minimum Gasteiger partial charge on any atom is -0.358 e. The number of nitrogens with one attached hydrogen (secondary N) is 2. The van der Waals surface area contributed by atoms with Gasteiger partial charge in [0.05, 0.1) is 4.90 Å². The van der Waals surface area contributed by atoms with E-state index in [1.807, 2.05) is 6.07 Å². The Morgan fingerprint density at radius 1 is 1.12 bits per heavy atom. The first kappa shape index (κ1) is 15.4. The van der Waals surface area contributed by atoms with Crippen LogP contribution in [-0.4, -0.2) is 19.4 Å². The zero-order valence-electron chi connectivity index (χ0n) is 13.5. The smallest absolute Gasteiger partial charge is 0.240 e. The molecule has 1 heterocycles. The molecule has 0 fully saturated rings. The predicted octanol–water partition coefficient (Wildman–Crippen LogP) is 3.31. The van der Waals surface area contributed by atoms with E-state index in [4.69, 9.17) is 0 Å². The van der Waals surface area contributed by atoms with Crippen LogP contribution >= 0.6 is 0 Å². The maximum atomic E-state index is 12.5. The van der Waals surface area contributed by atoms with Crippen molar-refractivity contribution in [3.8, 4) is 0 Å². The molecular formula is C19H20N2O2S. The standard InChI is InChI=1S/C19H20N2O2S/c1-13-7-10-18-17(11-13)16-9-8-14(12-19(16)20-18)21-24(22,23)15-5-3-2-4-6-15/h2-7,10-11,14,20-21H,8-9,12H2,1H3. The van der Waals surface area contributed by atoms with Crippen LogP contribution in [0.4, 0.5) is 0 Å². The van der Waals surface area contributed by atoms with Gasteiger partial charge in [0.15, 0.2) is 0 Å². The van der Waals surface area contributed by atoms with Crippen molar-refractivity contribution >= 4 is 20.9 Å². The molecule has 3 aromatic rings. The highest BCUT2D eigenvalue weighted by Gasteiger charge is 2.26. The SMILES string of the molecule is Cc1ccc2[nH]c3c(c2c1)CCC(NS(=O)(=O)c1ccccc1)C3. The molecule has 1 aromatic heterocycles. The second-order valence-corrected chi connectivity index (χ2v) is 8.22. The van der Waals surface area contributed by atoms with Crippen molar-refractivity contribution in [2.75, 3.05) is 0 Å². The lowest BCUT2D eigenvalue weighted by Crippen LogP contribution is -2.38. The van der Waals surface area contributed by atoms with Crippen molar-refractivity contribution in [3.63, 3.8) is 0 Å². The molecule has 0 radical (unpaired) electrons. The quantitative estimate of drug-likeness (QED) is 0.768. The summed E-state index contributed by atoms with van der Waals surface area (Å²) in [7, 11) is -3.46. The Labute approximate surface area is 142 Å². The molecule has 0 saturated carbocycles. The lowest BCUT2D eigenvalue weighted by molar-refractivity contribution is 0.505. The molecule has 1 unspecified atom stereocenters. The fraction of sp³-hybridized carbons (Fsp3) is 0.263. The van der Waals surface area contributed by atoms with E-state index in [9.17, 15) is 8.42 Å². The van der Waals surface area contributed by atoms with E-state index in [1.54, 1.807) is 24.3 Å². The van der Waals surface area contributed by atoms with E-state index >= 15 is 0 Å². The number of aryl methyl sites for hydroxylation is 2. The zero-order valence-corrected chi connectivity index (χ0v) is 14.4. The Morgan fingerprint density at radius 3 is 2.71 bits per heavy atom. The summed E-state index contributed by atoms with van der Waals surface area (Å²) in [6.07, 6.45) is 2.41. The molecule has 5 heteroatoms. The average molecular weight is 340 g/mol. The summed E-state index contributed by atoms with van der Waals surface area (Å²) < 4.78 is 27.9. The first-order chi connectivity index (χ1) is 11.5. The summed E-state index contributed by atoms with van der Waals surface area (Å²) in [5.74, 6) is 0. The average Bonchev–Trinajstić information content (AvgIpc) is 2.92. The molecule has 0 aliphatic heterocycles. The molecule has 1 aliphatic carbocycles. The van der Waals surface area contributed by atoms with Crippen molar-refractivity contribution in [3.05, 3.63) is 65.4 Å². The monoisotopic (exact) mass is 340 g/mol. The van der Waals surface area contributed by atoms with Crippen molar-refractivity contribution in [1.82, 2.24) is 9.71 Å². The summed E-state index contributed by atoms with van der Waals surface area (Å²) in [6.45, 7) is 2.10. The lowest BCUT2D eigenvalue weighted by Gasteiger charge is -2.23. The van der Waals surface area contributed by atoms with Gasteiger partial charge in [0.2, 0.25) is 10.0 Å². The van der Waals surface area contributed by atoms with Crippen LogP contribution in [0.1, 0.15) is 23.2 Å². The van der Waals surface area contributed by atoms with Gasteiger partial charge < -0.3 is 4.98 Å². The minimum absolute atomic E-state index is 0.0723. The first-order valence-electron chi connectivity index (χ1n) is 8.20. The molecule has 0 bridgehead atoms. The van der Waals surface area contributed by atoms with E-state index in [2.05, 4.69) is 34.8 Å². The molecule has 2 aromatic carbocycles. The van der Waals surface area contributed by atoms with Crippen molar-refractivity contribution in [2.45, 2.75) is 37.1 Å². The van der Waals surface area contributed by atoms with E-state index in [0.29, 0.717) is 11.3 Å². The summed E-state index contributed by atoms with van der Waals surface area (Å²) >= 11 is 0. The van der Waals surface area contributed by atoms with Crippen LogP contribution in [0.5, 0.6) is 0 Å². The van der Waals surface area contributed by atoms with Crippen LogP contribution in [0.15, 0.2) is 53.4 Å². The fourth-order valence-corrected chi connectivity index (χ4v) is 4.82. The van der Waals surface area contributed by atoms with Gasteiger partial charge in [0.25, 0.3) is 0 Å². The van der Waals surface area contributed by atoms with Crippen LogP contribution in [0.3, 0.4) is 0 Å². The third-order valence-corrected chi connectivity index (χ3v) is 6.26. The molecule has 0 amide bonds. The van der Waals surface area contributed by atoms with Gasteiger partial charge in [0, 0.05) is 29.1 Å². The van der Waals surface area contributed by atoms with Crippen molar-refractivity contribution < 1.29 is 8.42 Å². The molecule has 0 spiro atoms. The maximum Gasteiger partial charge on any atom is 0.240 e. The molecule has 4 rings (SSSR count). The number of rotatable bonds is 3. The van der Waals surface area contributed by atoms with E-state index in [1.165, 1.54) is 16.5 Å². The highest BCUT2D eigenvalue weighted by molar-refractivity contribution is 7.89. The van der Waals surface area contributed by atoms with Crippen LogP contribution in [0.25, 0.3) is 10.9 Å². The summed E-state index contributed by atoms with van der Waals surface area (Å²) in [6, 6.07) is 14.9. The van der Waals surface area contributed by atoms with Gasteiger partial charge in [-0.3, -0.25) is 0 Å². The number of benzene rings is 2. The highest BCUT2D eigenvalue weighted by Crippen LogP contribution is 2.30. The second-order valence-electron chi connectivity index (χ2n) is 6.51. The Balaban J connectivity index is 1.60. The molecule has 1 atom stereocenters. The normalized spacial score (nSPS) is 17.8. The fourth-order valence-electron chi connectivity index (χ4n) is 3.53. The van der Waals surface area contributed by atoms with Crippen LogP contribution in [-0.2, 0) is 22.9 Å². The Morgan fingerprint density at radius 2 is 1.92 bits per heavy atom. The summed E-state index contributed by atoms with van der Waals surface area (Å²) in [5.41, 5.74) is 4.87. The molecule has 24 heavy (non-hydrogen) atoms. The number of aromatic nitrogens is 1. The van der Waals surface area contributed by atoms with E-state index in [0.717, 1.165) is 24.1 Å². The van der Waals surface area contributed by atoms with Gasteiger partial charge in [-0.15, -0.1) is 0 Å².